The van der Waals surface area contributed by atoms with Gasteiger partial charge in [-0.1, -0.05) is 0 Å². The van der Waals surface area contributed by atoms with Gasteiger partial charge in [-0.2, -0.15) is 0 Å². The number of hydrazine groups is 1. The number of hydrogen-bond acceptors (Lipinski definition) is 3. The molecule has 5 nitrogen and oxygen atoms in total. The number of nitrogens with two attached hydrogens (primary N) is 2. The molecule has 6 N–H and O–H groups in total. The third kappa shape index (κ3) is 5.19. The summed E-state index contributed by atoms with van der Waals surface area (Å²) in [6, 6.07) is -0.599. The lowest BCUT2D eigenvalue weighted by atomic mass is 10.7. The molecular weight excluding hydrogens is 108 g/mol. The van der Waals surface area contributed by atoms with Crippen LogP contribution in [-0.2, 0) is 0 Å². The number of carbonyl (C=O) groups is 1. The lowest BCUT2D eigenvalue weighted by Crippen LogP contribution is -2.43. The predicted octanol–water partition coefficient (Wildman–Crippen LogP) is -1.88. The second kappa shape index (κ2) is 4.35. The molecular formula is C3H10N4O. The summed E-state index contributed by atoms with van der Waals surface area (Å²) in [4.78, 5) is 9.88. The molecule has 0 unspecified atom stereocenters. The van der Waals surface area contributed by atoms with E-state index in [0.29, 0.717) is 13.1 Å². The van der Waals surface area contributed by atoms with Gasteiger partial charge < -0.3 is 11.5 Å². The Bertz CT molecular complexity index is 73.7. The van der Waals surface area contributed by atoms with Crippen LogP contribution in [0.1, 0.15) is 0 Å². The van der Waals surface area contributed by atoms with Crippen molar-refractivity contribution in [2.24, 2.45) is 11.5 Å². The zero-order valence-corrected chi connectivity index (χ0v) is 4.48. The van der Waals surface area contributed by atoms with Gasteiger partial charge in [0, 0.05) is 13.1 Å². The second-order valence-corrected chi connectivity index (χ2v) is 1.20. The van der Waals surface area contributed by atoms with Crippen molar-refractivity contribution in [3.05, 3.63) is 0 Å². The molecule has 0 aromatic carbocycles. The first kappa shape index (κ1) is 7.19. The lowest BCUT2D eigenvalue weighted by Gasteiger charge is -1.99. The molecule has 2 amide bonds. The topological polar surface area (TPSA) is 93.2 Å². The Labute approximate surface area is 47.4 Å². The Balaban J connectivity index is 2.82. The zero-order valence-electron chi connectivity index (χ0n) is 4.48. The van der Waals surface area contributed by atoms with Crippen LogP contribution in [0.5, 0.6) is 0 Å². The van der Waals surface area contributed by atoms with Crippen molar-refractivity contribution in [1.82, 2.24) is 10.9 Å². The number of rotatable bonds is 3. The van der Waals surface area contributed by atoms with Crippen LogP contribution in [-0.4, -0.2) is 19.1 Å². The van der Waals surface area contributed by atoms with Gasteiger partial charge in [0.05, 0.1) is 0 Å². The molecule has 5 heteroatoms. The van der Waals surface area contributed by atoms with Crippen molar-refractivity contribution in [2.75, 3.05) is 13.1 Å². The molecule has 0 aliphatic heterocycles. The van der Waals surface area contributed by atoms with Gasteiger partial charge in [-0.3, -0.25) is 5.43 Å². The van der Waals surface area contributed by atoms with E-state index in [2.05, 4.69) is 16.6 Å². The molecule has 0 saturated heterocycles. The van der Waals surface area contributed by atoms with Crippen molar-refractivity contribution >= 4 is 6.03 Å². The van der Waals surface area contributed by atoms with E-state index in [4.69, 9.17) is 5.73 Å². The van der Waals surface area contributed by atoms with Crippen molar-refractivity contribution in [2.45, 2.75) is 0 Å². The summed E-state index contributed by atoms with van der Waals surface area (Å²) >= 11 is 0. The predicted molar refractivity (Wildman–Crippen MR) is 29.8 cm³/mol. The maximum atomic E-state index is 9.88. The minimum atomic E-state index is -0.599. The molecule has 48 valence electrons. The summed E-state index contributed by atoms with van der Waals surface area (Å²) in [5.74, 6) is 0. The molecule has 0 bridgehead atoms. The van der Waals surface area contributed by atoms with Crippen molar-refractivity contribution in [3.8, 4) is 0 Å². The fourth-order valence-electron chi connectivity index (χ4n) is 0.222. The highest BCUT2D eigenvalue weighted by Crippen LogP contribution is 1.47. The van der Waals surface area contributed by atoms with E-state index in [1.807, 2.05) is 0 Å². The number of amides is 2. The Hall–Kier alpha value is -0.810. The van der Waals surface area contributed by atoms with E-state index in [1.165, 1.54) is 0 Å². The van der Waals surface area contributed by atoms with Crippen molar-refractivity contribution in [1.29, 1.82) is 0 Å². The monoisotopic (exact) mass is 118 g/mol. The lowest BCUT2D eigenvalue weighted by molar-refractivity contribution is 0.245. The molecule has 0 saturated carbocycles. The van der Waals surface area contributed by atoms with Crippen molar-refractivity contribution in [3.63, 3.8) is 0 Å². The molecule has 0 aliphatic rings. The van der Waals surface area contributed by atoms with Crippen LogP contribution in [0.4, 0.5) is 4.79 Å². The van der Waals surface area contributed by atoms with Gasteiger partial charge in [0.1, 0.15) is 0 Å². The van der Waals surface area contributed by atoms with Gasteiger partial charge in [0.2, 0.25) is 0 Å². The standard InChI is InChI=1S/C3H10N4O/c4-1-2-6-7-3(5)8/h6H,1-2,4H2,(H3,5,7,8). The molecule has 8 heavy (non-hydrogen) atoms. The number of carbonyl (C=O) groups excluding carboxylic acids is 1. The summed E-state index contributed by atoms with van der Waals surface area (Å²) in [5, 5.41) is 0. The quantitative estimate of drug-likeness (QED) is 0.258. The summed E-state index contributed by atoms with van der Waals surface area (Å²) < 4.78 is 0. The second-order valence-electron chi connectivity index (χ2n) is 1.20. The molecule has 0 aromatic heterocycles. The first-order valence-electron chi connectivity index (χ1n) is 2.25. The van der Waals surface area contributed by atoms with Crippen LogP contribution in [0.15, 0.2) is 0 Å². The van der Waals surface area contributed by atoms with Crippen LogP contribution < -0.4 is 22.3 Å². The first-order chi connectivity index (χ1) is 3.77. The maximum Gasteiger partial charge on any atom is 0.326 e. The minimum Gasteiger partial charge on any atom is -0.351 e. The smallest absolute Gasteiger partial charge is 0.326 e. The molecule has 0 spiro atoms. The normalized spacial score (nSPS) is 8.62. The van der Waals surface area contributed by atoms with Gasteiger partial charge in [-0.25, -0.2) is 10.2 Å². The highest BCUT2D eigenvalue weighted by atomic mass is 16.2. The third-order valence-corrected chi connectivity index (χ3v) is 0.481. The molecule has 0 rings (SSSR count). The van der Waals surface area contributed by atoms with Gasteiger partial charge in [0.15, 0.2) is 0 Å². The summed E-state index contributed by atoms with van der Waals surface area (Å²) in [7, 11) is 0. The van der Waals surface area contributed by atoms with Gasteiger partial charge >= 0.3 is 6.03 Å². The van der Waals surface area contributed by atoms with Crippen molar-refractivity contribution < 1.29 is 4.79 Å². The average molecular weight is 118 g/mol. The summed E-state index contributed by atoms with van der Waals surface area (Å²) in [6.45, 7) is 1.00. The van der Waals surface area contributed by atoms with E-state index < -0.39 is 6.03 Å². The highest BCUT2D eigenvalue weighted by molar-refractivity contribution is 5.70. The van der Waals surface area contributed by atoms with Gasteiger partial charge in [0.25, 0.3) is 0 Å². The maximum absolute atomic E-state index is 9.88. The first-order valence-corrected chi connectivity index (χ1v) is 2.25. The SMILES string of the molecule is NCCNNC(N)=O. The van der Waals surface area contributed by atoms with Gasteiger partial charge in [-0.15, -0.1) is 0 Å². The summed E-state index contributed by atoms with van der Waals surface area (Å²) in [6.07, 6.45) is 0. The van der Waals surface area contributed by atoms with E-state index in [0.717, 1.165) is 0 Å². The van der Waals surface area contributed by atoms with E-state index in [9.17, 15) is 4.79 Å². The molecule has 0 fully saturated rings. The van der Waals surface area contributed by atoms with Crippen LogP contribution in [0, 0.1) is 0 Å². The molecule has 0 radical (unpaired) electrons. The number of hydrogen-bond donors (Lipinski definition) is 4. The Morgan fingerprint density at radius 2 is 2.25 bits per heavy atom. The fraction of sp³-hybridized carbons (Fsp3) is 0.667. The Morgan fingerprint density at radius 3 is 2.62 bits per heavy atom. The Morgan fingerprint density at radius 1 is 1.62 bits per heavy atom. The van der Waals surface area contributed by atoms with E-state index >= 15 is 0 Å². The molecule has 0 atom stereocenters. The minimum absolute atomic E-state index is 0.472. The van der Waals surface area contributed by atoms with Crippen LogP contribution in [0.25, 0.3) is 0 Å². The number of nitrogens with one attached hydrogen (secondary N) is 2. The third-order valence-electron chi connectivity index (χ3n) is 0.481. The van der Waals surface area contributed by atoms with Crippen LogP contribution in [0.3, 0.4) is 0 Å². The molecule has 0 aliphatic carbocycles. The highest BCUT2D eigenvalue weighted by Gasteiger charge is 1.84. The summed E-state index contributed by atoms with van der Waals surface area (Å²) in [5.41, 5.74) is 14.4. The molecule has 0 heterocycles. The average Bonchev–Trinajstić information content (AvgIpc) is 1.66. The largest absolute Gasteiger partial charge is 0.351 e. The van der Waals surface area contributed by atoms with Gasteiger partial charge in [-0.05, 0) is 0 Å². The van der Waals surface area contributed by atoms with Crippen LogP contribution in [0.2, 0.25) is 0 Å². The van der Waals surface area contributed by atoms with E-state index in [-0.39, 0.29) is 0 Å². The zero-order chi connectivity index (χ0) is 6.41. The number of primary amides is 1. The number of urea groups is 1. The van der Waals surface area contributed by atoms with Crippen LogP contribution >= 0.6 is 0 Å². The van der Waals surface area contributed by atoms with E-state index in [1.54, 1.807) is 0 Å². The Kier molecular flexibility index (Phi) is 3.91. The fourth-order valence-corrected chi connectivity index (χ4v) is 0.222. The molecule has 0 aromatic rings.